The minimum atomic E-state index is -4.01. The van der Waals surface area contributed by atoms with Gasteiger partial charge >= 0.3 is 5.97 Å². The van der Waals surface area contributed by atoms with Gasteiger partial charge < -0.3 is 9.26 Å². The van der Waals surface area contributed by atoms with Crippen LogP contribution in [0.3, 0.4) is 0 Å². The molecule has 9 heteroatoms. The number of hydrogen-bond acceptors (Lipinski definition) is 7. The molecule has 1 N–H and O–H groups in total. The van der Waals surface area contributed by atoms with Crippen molar-refractivity contribution < 1.29 is 22.5 Å². The molecule has 3 aromatic rings. The number of ether oxygens (including phenoxy) is 1. The Balaban J connectivity index is 1.71. The molecule has 0 saturated heterocycles. The van der Waals surface area contributed by atoms with Gasteiger partial charge in [0, 0.05) is 22.9 Å². The Bertz CT molecular complexity index is 1350. The van der Waals surface area contributed by atoms with Crippen LogP contribution in [0.5, 0.6) is 0 Å². The molecule has 0 atom stereocenters. The summed E-state index contributed by atoms with van der Waals surface area (Å²) in [6.07, 6.45) is 1.46. The van der Waals surface area contributed by atoms with Gasteiger partial charge in [0.25, 0.3) is 10.0 Å². The van der Waals surface area contributed by atoms with Crippen LogP contribution in [0, 0.1) is 32.6 Å². The molecule has 1 aliphatic heterocycles. The lowest BCUT2D eigenvalue weighted by molar-refractivity contribution is 0.0535. The van der Waals surface area contributed by atoms with Crippen molar-refractivity contribution in [2.45, 2.75) is 32.3 Å². The first kappa shape index (κ1) is 19.7. The molecule has 0 bridgehead atoms. The molecule has 4 rings (SSSR count). The van der Waals surface area contributed by atoms with E-state index in [4.69, 9.17) is 9.26 Å². The van der Waals surface area contributed by atoms with Crippen LogP contribution in [-0.4, -0.2) is 24.5 Å². The third kappa shape index (κ3) is 3.53. The van der Waals surface area contributed by atoms with Crippen molar-refractivity contribution in [1.29, 1.82) is 0 Å². The van der Waals surface area contributed by atoms with Crippen molar-refractivity contribution in [3.8, 4) is 11.8 Å². The maximum atomic E-state index is 12.9. The zero-order valence-corrected chi connectivity index (χ0v) is 17.3. The summed E-state index contributed by atoms with van der Waals surface area (Å²) in [5.41, 5.74) is 3.98. The maximum Gasteiger partial charge on any atom is 0.338 e. The molecule has 0 unspecified atom stereocenters. The number of hydrogen-bond donors (Lipinski definition) is 1. The molecule has 0 saturated carbocycles. The second kappa shape index (κ2) is 7.31. The van der Waals surface area contributed by atoms with Crippen LogP contribution in [0.1, 0.15) is 44.0 Å². The molecule has 0 fully saturated rings. The Morgan fingerprint density at radius 1 is 1.17 bits per heavy atom. The quantitative estimate of drug-likeness (QED) is 0.509. The average molecular weight is 423 g/mol. The van der Waals surface area contributed by atoms with Crippen molar-refractivity contribution in [2.75, 3.05) is 4.72 Å². The Morgan fingerprint density at radius 2 is 1.97 bits per heavy atom. The zero-order valence-electron chi connectivity index (χ0n) is 16.4. The summed E-state index contributed by atoms with van der Waals surface area (Å²) in [7, 11) is -4.01. The van der Waals surface area contributed by atoms with Gasteiger partial charge in [-0.15, -0.1) is 0 Å². The van der Waals surface area contributed by atoms with Crippen LogP contribution in [0.4, 0.5) is 5.88 Å². The number of carbonyl (C=O) groups excluding carboxylic acids is 1. The molecular weight excluding hydrogens is 406 g/mol. The number of carbonyl (C=O) groups is 1. The molecule has 152 valence electrons. The lowest BCUT2D eigenvalue weighted by atomic mass is 10.0. The number of esters is 1. The van der Waals surface area contributed by atoms with Gasteiger partial charge in [0.2, 0.25) is 5.88 Å². The molecule has 0 spiro atoms. The molecule has 8 nitrogen and oxygen atoms in total. The summed E-state index contributed by atoms with van der Waals surface area (Å²) >= 11 is 0. The molecule has 0 amide bonds. The number of sulfonamides is 1. The van der Waals surface area contributed by atoms with Crippen molar-refractivity contribution in [1.82, 2.24) is 10.1 Å². The van der Waals surface area contributed by atoms with E-state index < -0.39 is 16.0 Å². The molecule has 0 aliphatic carbocycles. The topological polar surface area (TPSA) is 111 Å². The third-order valence-corrected chi connectivity index (χ3v) is 6.15. The van der Waals surface area contributed by atoms with Gasteiger partial charge in [0.15, 0.2) is 0 Å². The summed E-state index contributed by atoms with van der Waals surface area (Å²) in [5.74, 6) is 5.38. The fraction of sp³-hybridized carbons (Fsp3) is 0.190. The van der Waals surface area contributed by atoms with Crippen molar-refractivity contribution in [2.24, 2.45) is 0 Å². The van der Waals surface area contributed by atoms with Gasteiger partial charge in [-0.25, -0.2) is 22.9 Å². The van der Waals surface area contributed by atoms with Gasteiger partial charge in [-0.3, -0.25) is 0 Å². The highest BCUT2D eigenvalue weighted by molar-refractivity contribution is 7.92. The van der Waals surface area contributed by atoms with E-state index in [0.29, 0.717) is 22.4 Å². The van der Waals surface area contributed by atoms with Gasteiger partial charge in [-0.1, -0.05) is 17.1 Å². The van der Waals surface area contributed by atoms with Crippen LogP contribution in [0.25, 0.3) is 0 Å². The minimum Gasteiger partial charge on any atom is -0.457 e. The second-order valence-corrected chi connectivity index (χ2v) is 8.48. The first-order valence-corrected chi connectivity index (χ1v) is 10.5. The number of nitrogens with zero attached hydrogens (tertiary/aromatic N) is 2. The lowest BCUT2D eigenvalue weighted by Gasteiger charge is -2.07. The minimum absolute atomic E-state index is 0.0447. The fourth-order valence-corrected chi connectivity index (χ4v) is 4.11. The van der Waals surface area contributed by atoms with Crippen molar-refractivity contribution in [3.63, 3.8) is 0 Å². The molecule has 0 radical (unpaired) electrons. The van der Waals surface area contributed by atoms with Gasteiger partial charge in [0.1, 0.15) is 17.2 Å². The third-order valence-electron chi connectivity index (χ3n) is 4.79. The second-order valence-electron chi connectivity index (χ2n) is 6.83. The number of cyclic esters (lactones) is 1. The van der Waals surface area contributed by atoms with Crippen LogP contribution >= 0.6 is 0 Å². The van der Waals surface area contributed by atoms with Crippen LogP contribution in [0.15, 0.2) is 39.9 Å². The van der Waals surface area contributed by atoms with E-state index in [1.807, 2.05) is 13.0 Å². The molecular formula is C21H17N3O5S. The van der Waals surface area contributed by atoms with E-state index in [-0.39, 0.29) is 23.1 Å². The van der Waals surface area contributed by atoms with E-state index in [1.54, 1.807) is 19.9 Å². The van der Waals surface area contributed by atoms with Crippen LogP contribution in [0.2, 0.25) is 0 Å². The first-order valence-electron chi connectivity index (χ1n) is 8.99. The molecule has 30 heavy (non-hydrogen) atoms. The van der Waals surface area contributed by atoms with E-state index in [9.17, 15) is 13.2 Å². The van der Waals surface area contributed by atoms with Gasteiger partial charge in [-0.05, 0) is 50.5 Å². The number of benzene rings is 1. The summed E-state index contributed by atoms with van der Waals surface area (Å²) in [6, 6.07) is 6.42. The lowest BCUT2D eigenvalue weighted by Crippen LogP contribution is -2.15. The van der Waals surface area contributed by atoms with Crippen molar-refractivity contribution in [3.05, 3.63) is 69.7 Å². The summed E-state index contributed by atoms with van der Waals surface area (Å²) in [4.78, 5) is 15.8. The first-order chi connectivity index (χ1) is 14.3. The van der Waals surface area contributed by atoms with Crippen LogP contribution < -0.4 is 4.72 Å². The smallest absolute Gasteiger partial charge is 0.338 e. The maximum absolute atomic E-state index is 12.9. The summed E-state index contributed by atoms with van der Waals surface area (Å²) in [5, 5.41) is 3.75. The highest BCUT2D eigenvalue weighted by Crippen LogP contribution is 2.25. The number of aromatic nitrogens is 2. The van der Waals surface area contributed by atoms with Crippen LogP contribution in [-0.2, 0) is 21.4 Å². The fourth-order valence-electron chi connectivity index (χ4n) is 2.95. The summed E-state index contributed by atoms with van der Waals surface area (Å²) in [6.45, 7) is 5.53. The number of nitrogens with one attached hydrogen (secondary N) is 1. The van der Waals surface area contributed by atoms with E-state index in [1.165, 1.54) is 18.3 Å². The number of fused-ring (bicyclic) bond motifs is 1. The monoisotopic (exact) mass is 423 g/mol. The van der Waals surface area contributed by atoms with Crippen molar-refractivity contribution >= 4 is 21.9 Å². The molecule has 1 aromatic carbocycles. The predicted octanol–water partition coefficient (Wildman–Crippen LogP) is 2.87. The molecule has 2 aromatic heterocycles. The number of rotatable bonds is 3. The summed E-state index contributed by atoms with van der Waals surface area (Å²) < 4.78 is 38.2. The number of pyridine rings is 1. The predicted molar refractivity (Wildman–Crippen MR) is 107 cm³/mol. The van der Waals surface area contributed by atoms with E-state index in [2.05, 4.69) is 26.7 Å². The molecule has 1 aliphatic rings. The highest BCUT2D eigenvalue weighted by atomic mass is 32.2. The van der Waals surface area contributed by atoms with Gasteiger partial charge in [0.05, 0.1) is 11.3 Å². The highest BCUT2D eigenvalue weighted by Gasteiger charge is 2.23. The number of anilines is 1. The normalized spacial score (nSPS) is 12.7. The van der Waals surface area contributed by atoms with E-state index in [0.717, 1.165) is 11.1 Å². The SMILES string of the molecule is Cc1cc2c(cc1C#Cc1ncccc1S(=O)(=O)Nc1onc(C)c1C)C(=O)OC2. The Morgan fingerprint density at radius 3 is 2.70 bits per heavy atom. The molecule has 3 heterocycles. The Labute approximate surface area is 173 Å². The number of aryl methyl sites for hydroxylation is 2. The largest absolute Gasteiger partial charge is 0.457 e. The average Bonchev–Trinajstić information content (AvgIpc) is 3.22. The standard InChI is InChI=1S/C21H17N3O5S/c1-12-9-16-11-28-21(25)17(16)10-15(12)6-7-18-19(5-4-8-22-18)30(26,27)24-20-13(2)14(3)23-29-20/h4-5,8-10,24H,11H2,1-3H3. The Hall–Kier alpha value is -3.64. The van der Waals surface area contributed by atoms with Gasteiger partial charge in [-0.2, -0.15) is 0 Å². The zero-order chi connectivity index (χ0) is 21.5. The Kier molecular flexibility index (Phi) is 4.79. The van der Waals surface area contributed by atoms with E-state index >= 15 is 0 Å².